The quantitative estimate of drug-likeness (QED) is 0.272. The van der Waals surface area contributed by atoms with Crippen LogP contribution in [0.1, 0.15) is 40.1 Å². The van der Waals surface area contributed by atoms with Crippen LogP contribution >= 0.6 is 11.6 Å². The Hall–Kier alpha value is -4.84. The van der Waals surface area contributed by atoms with E-state index in [1.807, 2.05) is 29.2 Å². The van der Waals surface area contributed by atoms with Crippen LogP contribution in [0, 0.1) is 0 Å². The predicted molar refractivity (Wildman–Crippen MR) is 174 cm³/mol. The molecule has 3 heterocycles. The van der Waals surface area contributed by atoms with Crippen molar-refractivity contribution in [2.75, 3.05) is 37.6 Å². The van der Waals surface area contributed by atoms with E-state index in [1.165, 1.54) is 0 Å². The Kier molecular flexibility index (Phi) is 9.45. The number of carbonyl (C=O) groups excluding carboxylic acids is 3. The minimum absolute atomic E-state index is 0.113. The third-order valence-corrected chi connectivity index (χ3v) is 8.94. The zero-order valence-electron chi connectivity index (χ0n) is 25.8. The summed E-state index contributed by atoms with van der Waals surface area (Å²) < 4.78 is 45.1. The molecule has 13 heteroatoms. The normalized spacial score (nSPS) is 16.0. The number of piperazine rings is 1. The lowest BCUT2D eigenvalue weighted by molar-refractivity contribution is -0.137. The van der Waals surface area contributed by atoms with Crippen LogP contribution in [0.3, 0.4) is 0 Å². The van der Waals surface area contributed by atoms with Crippen LogP contribution in [0.4, 0.5) is 18.9 Å². The summed E-state index contributed by atoms with van der Waals surface area (Å²) in [4.78, 5) is 58.0. The first-order chi connectivity index (χ1) is 23.0. The Morgan fingerprint density at radius 1 is 0.917 bits per heavy atom. The number of likely N-dealkylation sites (tertiary alicyclic amines) is 1. The van der Waals surface area contributed by atoms with Crippen LogP contribution in [-0.2, 0) is 28.7 Å². The molecular formula is C35H32ClF3N4O5. The number of hydrogen-bond acceptors (Lipinski definition) is 6. The highest BCUT2D eigenvalue weighted by Gasteiger charge is 2.33. The molecule has 2 fully saturated rings. The molecule has 4 aromatic rings. The fraction of sp³-hybridized carbons (Fsp3) is 0.314. The summed E-state index contributed by atoms with van der Waals surface area (Å²) in [7, 11) is 0. The smallest absolute Gasteiger partial charge is 0.416 e. The van der Waals surface area contributed by atoms with Crippen molar-refractivity contribution >= 4 is 46.0 Å². The van der Waals surface area contributed by atoms with Crippen LogP contribution in [0.15, 0.2) is 82.0 Å². The molecular weight excluding hydrogens is 649 g/mol. The van der Waals surface area contributed by atoms with Gasteiger partial charge in [0.25, 0.3) is 5.91 Å². The minimum atomic E-state index is -4.66. The van der Waals surface area contributed by atoms with Crippen molar-refractivity contribution in [3.05, 3.63) is 110 Å². The van der Waals surface area contributed by atoms with Gasteiger partial charge in [-0.15, -0.1) is 0 Å². The van der Waals surface area contributed by atoms with E-state index in [1.54, 1.807) is 29.2 Å². The van der Waals surface area contributed by atoms with Crippen LogP contribution in [0.5, 0.6) is 0 Å². The van der Waals surface area contributed by atoms with Gasteiger partial charge in [-0.2, -0.15) is 13.2 Å². The van der Waals surface area contributed by atoms with Gasteiger partial charge in [-0.25, -0.2) is 0 Å². The van der Waals surface area contributed by atoms with Gasteiger partial charge >= 0.3 is 6.18 Å². The van der Waals surface area contributed by atoms with E-state index in [0.717, 1.165) is 48.0 Å². The lowest BCUT2D eigenvalue weighted by atomic mass is 10.0. The van der Waals surface area contributed by atoms with Gasteiger partial charge in [-0.05, 0) is 53.9 Å². The average molecular weight is 681 g/mol. The van der Waals surface area contributed by atoms with E-state index in [2.05, 4.69) is 10.2 Å². The van der Waals surface area contributed by atoms with Crippen molar-refractivity contribution in [1.29, 1.82) is 0 Å². The van der Waals surface area contributed by atoms with Gasteiger partial charge in [0.1, 0.15) is 11.6 Å². The van der Waals surface area contributed by atoms with Gasteiger partial charge in [0.15, 0.2) is 11.2 Å². The molecule has 0 unspecified atom stereocenters. The van der Waals surface area contributed by atoms with Gasteiger partial charge in [-0.1, -0.05) is 41.9 Å². The van der Waals surface area contributed by atoms with E-state index >= 15 is 0 Å². The number of fused-ring (bicyclic) bond motifs is 1. The second-order valence-electron chi connectivity index (χ2n) is 11.9. The predicted octanol–water partition coefficient (Wildman–Crippen LogP) is 5.28. The number of nitrogens with one attached hydrogen (secondary N) is 1. The van der Waals surface area contributed by atoms with Crippen molar-refractivity contribution in [1.82, 2.24) is 15.1 Å². The van der Waals surface area contributed by atoms with Crippen LogP contribution in [0.2, 0.25) is 5.02 Å². The van der Waals surface area contributed by atoms with Crippen molar-refractivity contribution < 1.29 is 32.0 Å². The van der Waals surface area contributed by atoms with Gasteiger partial charge in [-0.3, -0.25) is 19.2 Å². The fourth-order valence-electron chi connectivity index (χ4n) is 6.15. The number of rotatable bonds is 8. The zero-order chi connectivity index (χ0) is 34.0. The van der Waals surface area contributed by atoms with Gasteiger partial charge in [0, 0.05) is 68.9 Å². The number of alkyl halides is 3. The van der Waals surface area contributed by atoms with Crippen LogP contribution in [-0.4, -0.2) is 66.3 Å². The van der Waals surface area contributed by atoms with E-state index < -0.39 is 34.9 Å². The molecule has 3 aromatic carbocycles. The Morgan fingerprint density at radius 2 is 1.65 bits per heavy atom. The number of benzene rings is 3. The van der Waals surface area contributed by atoms with Gasteiger partial charge in [0.2, 0.25) is 11.8 Å². The lowest BCUT2D eigenvalue weighted by Gasteiger charge is -2.38. The molecule has 1 atom stereocenters. The Balaban J connectivity index is 1.19. The molecule has 1 N–H and O–H groups in total. The first-order valence-corrected chi connectivity index (χ1v) is 15.9. The van der Waals surface area contributed by atoms with Crippen molar-refractivity contribution in [3.63, 3.8) is 0 Å². The van der Waals surface area contributed by atoms with E-state index in [0.29, 0.717) is 50.2 Å². The average Bonchev–Trinajstić information content (AvgIpc) is 3.48. The first-order valence-electron chi connectivity index (χ1n) is 15.6. The third-order valence-electron chi connectivity index (χ3n) is 8.69. The molecule has 48 heavy (non-hydrogen) atoms. The molecule has 6 rings (SSSR count). The second-order valence-corrected chi connectivity index (χ2v) is 12.3. The number of nitrogens with zero attached hydrogens (tertiary/aromatic N) is 3. The topological polar surface area (TPSA) is 103 Å². The molecule has 3 amide bonds. The summed E-state index contributed by atoms with van der Waals surface area (Å²) in [6.07, 6.45) is -3.13. The van der Waals surface area contributed by atoms with Crippen molar-refractivity contribution in [2.24, 2.45) is 0 Å². The highest BCUT2D eigenvalue weighted by atomic mass is 35.5. The molecule has 0 radical (unpaired) electrons. The number of halogens is 4. The number of carbonyl (C=O) groups is 3. The monoisotopic (exact) mass is 680 g/mol. The van der Waals surface area contributed by atoms with E-state index in [4.69, 9.17) is 16.0 Å². The van der Waals surface area contributed by atoms with Crippen molar-refractivity contribution in [2.45, 2.75) is 38.0 Å². The van der Waals surface area contributed by atoms with Gasteiger partial charge in [0.05, 0.1) is 10.9 Å². The first kappa shape index (κ1) is 33.1. The minimum Gasteiger partial charge on any atom is -0.451 e. The standard InChI is InChI=1S/C35H32ClF3N4O5/c36-25-10-7-22(8-11-25)18-27(40-33(46)31-20-29(44)26-19-24(35(37,38)39)9-12-30(26)48-31)34(47)42-16-14-41(15-17-42)28-5-2-1-4-23(28)21-43-13-3-6-32(43)45/h1-2,4-5,7-12,19-20,27H,3,6,13-18,21H2,(H,40,46)/t27-/m0/s1. The van der Waals surface area contributed by atoms with E-state index in [9.17, 15) is 32.3 Å². The second kappa shape index (κ2) is 13.7. The molecule has 0 aliphatic carbocycles. The molecule has 250 valence electrons. The number of anilines is 1. The van der Waals surface area contributed by atoms with Gasteiger partial charge < -0.3 is 24.4 Å². The Morgan fingerprint density at radius 3 is 2.33 bits per heavy atom. The zero-order valence-corrected chi connectivity index (χ0v) is 26.5. The third kappa shape index (κ3) is 7.33. The fourth-order valence-corrected chi connectivity index (χ4v) is 6.27. The summed E-state index contributed by atoms with van der Waals surface area (Å²) in [5.41, 5.74) is 0.737. The largest absolute Gasteiger partial charge is 0.451 e. The molecule has 0 saturated carbocycles. The number of hydrogen-bond donors (Lipinski definition) is 1. The molecule has 0 spiro atoms. The maximum absolute atomic E-state index is 13.9. The van der Waals surface area contributed by atoms with Crippen LogP contribution in [0.25, 0.3) is 11.0 Å². The lowest BCUT2D eigenvalue weighted by Crippen LogP contribution is -2.55. The van der Waals surface area contributed by atoms with Crippen LogP contribution < -0.4 is 15.6 Å². The van der Waals surface area contributed by atoms with Crippen molar-refractivity contribution in [3.8, 4) is 0 Å². The molecule has 2 aliphatic rings. The SMILES string of the molecule is O=C(N[C@@H](Cc1ccc(Cl)cc1)C(=O)N1CCN(c2ccccc2CN2CCCC2=O)CC1)c1cc(=O)c2cc(C(F)(F)F)ccc2o1. The Bertz CT molecular complexity index is 1910. The summed E-state index contributed by atoms with van der Waals surface area (Å²) in [5, 5.41) is 2.88. The number of para-hydroxylation sites is 1. The maximum atomic E-state index is 13.9. The highest BCUT2D eigenvalue weighted by Crippen LogP contribution is 2.31. The molecule has 2 aliphatic heterocycles. The molecule has 1 aromatic heterocycles. The molecule has 9 nitrogen and oxygen atoms in total. The number of amides is 3. The molecule has 0 bridgehead atoms. The molecule has 2 saturated heterocycles. The Labute approximate surface area is 278 Å². The summed E-state index contributed by atoms with van der Waals surface area (Å²) in [5.74, 6) is -1.48. The van der Waals surface area contributed by atoms with E-state index in [-0.39, 0.29) is 29.2 Å². The highest BCUT2D eigenvalue weighted by molar-refractivity contribution is 6.30. The maximum Gasteiger partial charge on any atom is 0.416 e. The summed E-state index contributed by atoms with van der Waals surface area (Å²) >= 11 is 6.05. The summed E-state index contributed by atoms with van der Waals surface area (Å²) in [6.45, 7) is 3.05. The summed E-state index contributed by atoms with van der Waals surface area (Å²) in [6, 6.07) is 17.0.